The highest BCUT2D eigenvalue weighted by molar-refractivity contribution is 6.78. The van der Waals surface area contributed by atoms with Gasteiger partial charge < -0.3 is 4.90 Å². The van der Waals surface area contributed by atoms with Crippen LogP contribution in [0.15, 0.2) is 54.6 Å². The normalized spacial score (nSPS) is 13.1. The maximum absolute atomic E-state index is 2.45. The topological polar surface area (TPSA) is 3.24 Å². The highest BCUT2D eigenvalue weighted by atomic mass is 28.3. The molecule has 0 aliphatic carbocycles. The van der Waals surface area contributed by atoms with Gasteiger partial charge in [0.25, 0.3) is 0 Å². The predicted molar refractivity (Wildman–Crippen MR) is 92.4 cm³/mol. The van der Waals surface area contributed by atoms with Crippen molar-refractivity contribution in [3.63, 3.8) is 0 Å². The molecule has 0 aliphatic rings. The fourth-order valence-corrected chi connectivity index (χ4v) is 5.19. The number of hydrogen-bond acceptors (Lipinski definition) is 1. The van der Waals surface area contributed by atoms with E-state index in [9.17, 15) is 0 Å². The zero-order valence-corrected chi connectivity index (χ0v) is 14.2. The molecule has 0 saturated carbocycles. The van der Waals surface area contributed by atoms with Gasteiger partial charge in [0, 0.05) is 25.3 Å². The molecule has 0 bridgehead atoms. The van der Waals surface area contributed by atoms with Crippen molar-refractivity contribution in [2.24, 2.45) is 0 Å². The minimum absolute atomic E-state index is 0.555. The number of benzene rings is 2. The molecule has 1 atom stereocenters. The molecule has 2 heteroatoms. The van der Waals surface area contributed by atoms with Crippen LogP contribution in [-0.2, 0) is 0 Å². The summed E-state index contributed by atoms with van der Waals surface area (Å²) in [6, 6.07) is 20.0. The predicted octanol–water partition coefficient (Wildman–Crippen LogP) is 4.76. The monoisotopic (exact) mass is 283 g/mol. The van der Waals surface area contributed by atoms with E-state index in [4.69, 9.17) is 0 Å². The van der Waals surface area contributed by atoms with E-state index in [0.717, 1.165) is 0 Å². The first-order valence-corrected chi connectivity index (χ1v) is 10.8. The van der Waals surface area contributed by atoms with Crippen LogP contribution in [0, 0.1) is 0 Å². The van der Waals surface area contributed by atoms with Gasteiger partial charge >= 0.3 is 0 Å². The Morgan fingerprint density at radius 1 is 0.750 bits per heavy atom. The Hall–Kier alpha value is -1.54. The zero-order valence-electron chi connectivity index (χ0n) is 13.2. The highest BCUT2D eigenvalue weighted by Gasteiger charge is 2.29. The summed E-state index contributed by atoms with van der Waals surface area (Å²) in [5.74, 6) is 0. The standard InChI is InChI=1S/C18H25NSi/c1-19(2)17-13-11-16(12-14-17)18(20(3,4)5)15-9-7-6-8-10-15/h6-14,18H,1-5H3. The van der Waals surface area contributed by atoms with E-state index in [1.165, 1.54) is 16.8 Å². The van der Waals surface area contributed by atoms with Crippen LogP contribution in [0.5, 0.6) is 0 Å². The number of nitrogens with zero attached hydrogens (tertiary/aromatic N) is 1. The van der Waals surface area contributed by atoms with Crippen LogP contribution >= 0.6 is 0 Å². The van der Waals surface area contributed by atoms with Crippen LogP contribution < -0.4 is 4.90 Å². The summed E-state index contributed by atoms with van der Waals surface area (Å²) in [6.07, 6.45) is 0. The lowest BCUT2D eigenvalue weighted by Gasteiger charge is -2.30. The lowest BCUT2D eigenvalue weighted by molar-refractivity contribution is 1.06. The molecular weight excluding hydrogens is 258 g/mol. The Morgan fingerprint density at radius 2 is 1.25 bits per heavy atom. The first-order chi connectivity index (χ1) is 9.39. The SMILES string of the molecule is CN(C)c1ccc(C(c2ccccc2)[Si](C)(C)C)cc1. The molecule has 0 aromatic heterocycles. The molecule has 2 aromatic rings. The fraction of sp³-hybridized carbons (Fsp3) is 0.333. The summed E-state index contributed by atoms with van der Waals surface area (Å²) in [4.78, 5) is 2.15. The smallest absolute Gasteiger partial charge is 0.0573 e. The van der Waals surface area contributed by atoms with E-state index in [1.807, 2.05) is 0 Å². The van der Waals surface area contributed by atoms with Gasteiger partial charge in [-0.2, -0.15) is 0 Å². The summed E-state index contributed by atoms with van der Waals surface area (Å²) in [7, 11) is 2.84. The van der Waals surface area contributed by atoms with Gasteiger partial charge in [0.05, 0.1) is 8.07 Å². The molecule has 0 aliphatic heterocycles. The molecule has 2 rings (SSSR count). The minimum Gasteiger partial charge on any atom is -0.378 e. The minimum atomic E-state index is -1.33. The number of anilines is 1. The van der Waals surface area contributed by atoms with Crippen molar-refractivity contribution in [1.82, 2.24) is 0 Å². The van der Waals surface area contributed by atoms with E-state index in [-0.39, 0.29) is 0 Å². The molecule has 2 aromatic carbocycles. The van der Waals surface area contributed by atoms with Crippen LogP contribution in [0.4, 0.5) is 5.69 Å². The summed E-state index contributed by atoms with van der Waals surface area (Å²) in [6.45, 7) is 7.35. The van der Waals surface area contributed by atoms with Crippen molar-refractivity contribution in [3.8, 4) is 0 Å². The van der Waals surface area contributed by atoms with Gasteiger partial charge in [-0.25, -0.2) is 0 Å². The highest BCUT2D eigenvalue weighted by Crippen LogP contribution is 2.34. The number of hydrogen-bond donors (Lipinski definition) is 0. The molecule has 0 radical (unpaired) electrons. The van der Waals surface area contributed by atoms with Gasteiger partial charge in [0.2, 0.25) is 0 Å². The molecule has 1 nitrogen and oxygen atoms in total. The van der Waals surface area contributed by atoms with E-state index >= 15 is 0 Å². The van der Waals surface area contributed by atoms with Crippen LogP contribution in [-0.4, -0.2) is 22.2 Å². The molecule has 0 spiro atoms. The van der Waals surface area contributed by atoms with Crippen molar-refractivity contribution in [2.75, 3.05) is 19.0 Å². The van der Waals surface area contributed by atoms with Gasteiger partial charge in [-0.05, 0) is 23.3 Å². The summed E-state index contributed by atoms with van der Waals surface area (Å²) < 4.78 is 0. The third-order valence-electron chi connectivity index (χ3n) is 3.74. The average Bonchev–Trinajstić information content (AvgIpc) is 2.39. The maximum atomic E-state index is 2.45. The molecule has 0 amide bonds. The van der Waals surface area contributed by atoms with Gasteiger partial charge in [-0.15, -0.1) is 0 Å². The van der Waals surface area contributed by atoms with Crippen molar-refractivity contribution in [2.45, 2.75) is 25.2 Å². The van der Waals surface area contributed by atoms with Gasteiger partial charge in [-0.1, -0.05) is 62.1 Å². The molecule has 0 saturated heterocycles. The molecular formula is C18H25NSi. The second-order valence-corrected chi connectivity index (χ2v) is 12.0. The molecule has 0 heterocycles. The average molecular weight is 283 g/mol. The van der Waals surface area contributed by atoms with Crippen molar-refractivity contribution in [3.05, 3.63) is 65.7 Å². The van der Waals surface area contributed by atoms with Crippen LogP contribution in [0.25, 0.3) is 0 Å². The first-order valence-electron chi connectivity index (χ1n) is 7.22. The van der Waals surface area contributed by atoms with Crippen molar-refractivity contribution >= 4 is 13.8 Å². The third kappa shape index (κ3) is 3.31. The molecule has 106 valence electrons. The second-order valence-electron chi connectivity index (χ2n) is 6.70. The zero-order chi connectivity index (χ0) is 14.8. The van der Waals surface area contributed by atoms with Crippen LogP contribution in [0.3, 0.4) is 0 Å². The van der Waals surface area contributed by atoms with E-state index in [1.54, 1.807) is 0 Å². The largest absolute Gasteiger partial charge is 0.378 e. The van der Waals surface area contributed by atoms with Crippen molar-refractivity contribution in [1.29, 1.82) is 0 Å². The Labute approximate surface area is 124 Å². The Kier molecular flexibility index (Phi) is 4.34. The summed E-state index contributed by atoms with van der Waals surface area (Å²) in [5.41, 5.74) is 4.71. The molecule has 1 unspecified atom stereocenters. The van der Waals surface area contributed by atoms with E-state index < -0.39 is 8.07 Å². The molecule has 0 N–H and O–H groups in total. The summed E-state index contributed by atoms with van der Waals surface area (Å²) >= 11 is 0. The Morgan fingerprint density at radius 3 is 1.70 bits per heavy atom. The third-order valence-corrected chi connectivity index (χ3v) is 6.14. The summed E-state index contributed by atoms with van der Waals surface area (Å²) in [5, 5.41) is 0. The van der Waals surface area contributed by atoms with Gasteiger partial charge in [-0.3, -0.25) is 0 Å². The number of rotatable bonds is 4. The van der Waals surface area contributed by atoms with Gasteiger partial charge in [0.1, 0.15) is 0 Å². The van der Waals surface area contributed by atoms with E-state index in [2.05, 4.69) is 93.2 Å². The lowest BCUT2D eigenvalue weighted by atomic mass is 10.0. The van der Waals surface area contributed by atoms with Crippen molar-refractivity contribution < 1.29 is 0 Å². The second kappa shape index (κ2) is 5.84. The molecule has 20 heavy (non-hydrogen) atoms. The lowest BCUT2D eigenvalue weighted by Crippen LogP contribution is -2.31. The molecule has 0 fully saturated rings. The first kappa shape index (κ1) is 14.9. The van der Waals surface area contributed by atoms with Crippen LogP contribution in [0.2, 0.25) is 19.6 Å². The Bertz CT molecular complexity index is 538. The van der Waals surface area contributed by atoms with Crippen LogP contribution in [0.1, 0.15) is 16.7 Å². The quantitative estimate of drug-likeness (QED) is 0.731. The van der Waals surface area contributed by atoms with Gasteiger partial charge in [0.15, 0.2) is 0 Å². The Balaban J connectivity index is 2.43. The fourth-order valence-electron chi connectivity index (χ4n) is 2.80. The van der Waals surface area contributed by atoms with E-state index in [0.29, 0.717) is 5.54 Å². The maximum Gasteiger partial charge on any atom is 0.0573 e.